The maximum atomic E-state index is 13.0. The van der Waals surface area contributed by atoms with E-state index in [9.17, 15) is 31.9 Å². The number of nitrogens with one attached hydrogen (secondary N) is 3. The van der Waals surface area contributed by atoms with Crippen LogP contribution in [0.2, 0.25) is 0 Å². The van der Waals surface area contributed by atoms with E-state index in [1.54, 1.807) is 56.3 Å². The molecule has 2 aromatic heterocycles. The van der Waals surface area contributed by atoms with Crippen LogP contribution < -0.4 is 15.4 Å². The number of sulfonamides is 1. The number of aromatic nitrogens is 1. The number of carboxylic acids is 1. The molecule has 4 N–H and O–H groups in total. The number of hydrogen-bond donors (Lipinski definition) is 4. The van der Waals surface area contributed by atoms with E-state index in [0.717, 1.165) is 12.8 Å². The molecule has 0 spiro atoms. The van der Waals surface area contributed by atoms with Gasteiger partial charge in [0, 0.05) is 35.4 Å². The Morgan fingerprint density at radius 2 is 1.87 bits per heavy atom. The van der Waals surface area contributed by atoms with Gasteiger partial charge in [-0.15, -0.1) is 0 Å². The number of carbonyl (C=O) groups is 2. The van der Waals surface area contributed by atoms with E-state index < -0.39 is 45.0 Å². The van der Waals surface area contributed by atoms with Crippen molar-refractivity contribution in [2.75, 3.05) is 29.7 Å². The minimum atomic E-state index is -3.99. The van der Waals surface area contributed by atoms with Crippen LogP contribution in [0.1, 0.15) is 42.8 Å². The van der Waals surface area contributed by atoms with Gasteiger partial charge in [0.1, 0.15) is 5.58 Å². The molecule has 0 saturated heterocycles. The fourth-order valence-electron chi connectivity index (χ4n) is 4.70. The number of rotatable bonds is 16. The summed E-state index contributed by atoms with van der Waals surface area (Å²) in [5.74, 6) is -2.95. The van der Waals surface area contributed by atoms with Gasteiger partial charge < -0.3 is 29.4 Å². The average Bonchev–Trinajstić information content (AvgIpc) is 3.37. The highest BCUT2D eigenvalue weighted by Crippen LogP contribution is 2.32. The van der Waals surface area contributed by atoms with Gasteiger partial charge in [-0.2, -0.15) is 0 Å². The highest BCUT2D eigenvalue weighted by molar-refractivity contribution is 7.89. The molecule has 3 atom stereocenters. The molecule has 246 valence electrons. The second kappa shape index (κ2) is 15.4. The van der Waals surface area contributed by atoms with E-state index >= 15 is 0 Å². The number of carboxylic acid groups (broad SMARTS) is 1. The quantitative estimate of drug-likeness (QED) is 0.0966. The molecule has 4 aromatic rings. The Balaban J connectivity index is 1.40. The van der Waals surface area contributed by atoms with Crippen molar-refractivity contribution in [3.63, 3.8) is 0 Å². The number of ether oxygens (including phenoxy) is 1. The molecule has 3 unspecified atom stereocenters. The Morgan fingerprint density at radius 3 is 2.50 bits per heavy atom. The lowest BCUT2D eigenvalue weighted by atomic mass is 10.0. The zero-order valence-electron chi connectivity index (χ0n) is 25.4. The summed E-state index contributed by atoms with van der Waals surface area (Å²) in [6, 6.07) is 14.3. The fraction of sp³-hybridized carbons (Fsp3) is 0.323. The fourth-order valence-corrected chi connectivity index (χ4v) is 6.03. The SMILES string of the molecule is CCCCOC(C)C(CNS(=O)(=O)c1ccc(-c2ccc(NC(=O)c3oc4cccc(NCS(=O)[O-])c4c3C)cn2)cc1)C(=O)O. The Bertz CT molecular complexity index is 1810. The molecule has 13 nitrogen and oxygen atoms in total. The lowest BCUT2D eigenvalue weighted by molar-refractivity contribution is -0.146. The van der Waals surface area contributed by atoms with Crippen molar-refractivity contribution < 1.29 is 41.0 Å². The first-order chi connectivity index (χ1) is 21.9. The smallest absolute Gasteiger partial charge is 0.310 e. The van der Waals surface area contributed by atoms with Gasteiger partial charge in [-0.05, 0) is 67.7 Å². The summed E-state index contributed by atoms with van der Waals surface area (Å²) in [7, 11) is -3.99. The van der Waals surface area contributed by atoms with Gasteiger partial charge in [0.05, 0.1) is 40.4 Å². The summed E-state index contributed by atoms with van der Waals surface area (Å²) >= 11 is -2.30. The molecule has 1 amide bonds. The van der Waals surface area contributed by atoms with Crippen molar-refractivity contribution in [3.8, 4) is 11.3 Å². The first-order valence-electron chi connectivity index (χ1n) is 14.4. The maximum Gasteiger partial charge on any atom is 0.310 e. The Labute approximate surface area is 269 Å². The highest BCUT2D eigenvalue weighted by atomic mass is 32.2. The van der Waals surface area contributed by atoms with Crippen LogP contribution in [0.4, 0.5) is 11.4 Å². The van der Waals surface area contributed by atoms with Crippen molar-refractivity contribution in [2.45, 2.75) is 44.6 Å². The largest absolute Gasteiger partial charge is 0.771 e. The predicted octanol–water partition coefficient (Wildman–Crippen LogP) is 4.49. The van der Waals surface area contributed by atoms with E-state index in [0.29, 0.717) is 45.8 Å². The molecule has 0 saturated carbocycles. The molecule has 0 radical (unpaired) electrons. The number of furan rings is 1. The minimum absolute atomic E-state index is 0.0373. The second-order valence-electron chi connectivity index (χ2n) is 10.5. The van der Waals surface area contributed by atoms with Crippen LogP contribution in [-0.4, -0.2) is 64.3 Å². The number of unbranched alkanes of at least 4 members (excludes halogenated alkanes) is 1. The van der Waals surface area contributed by atoms with Crippen molar-refractivity contribution in [3.05, 3.63) is 72.1 Å². The molecule has 0 fully saturated rings. The van der Waals surface area contributed by atoms with E-state index in [4.69, 9.17) is 9.15 Å². The van der Waals surface area contributed by atoms with Gasteiger partial charge in [0.25, 0.3) is 5.91 Å². The summed E-state index contributed by atoms with van der Waals surface area (Å²) < 4.78 is 61.4. The Kier molecular flexibility index (Phi) is 11.6. The van der Waals surface area contributed by atoms with Crippen LogP contribution in [0.25, 0.3) is 22.2 Å². The first kappa shape index (κ1) is 34.7. The monoisotopic (exact) mass is 671 g/mol. The van der Waals surface area contributed by atoms with Gasteiger partial charge >= 0.3 is 5.97 Å². The molecular formula is C31H35N4O9S2-. The minimum Gasteiger partial charge on any atom is -0.771 e. The van der Waals surface area contributed by atoms with Crippen molar-refractivity contribution in [2.24, 2.45) is 5.92 Å². The normalized spacial score (nSPS) is 13.7. The van der Waals surface area contributed by atoms with Gasteiger partial charge in [0.15, 0.2) is 5.76 Å². The second-order valence-corrected chi connectivity index (χ2v) is 13.2. The Hall–Kier alpha value is -4.15. The average molecular weight is 672 g/mol. The van der Waals surface area contributed by atoms with Crippen LogP contribution in [-0.2, 0) is 30.6 Å². The van der Waals surface area contributed by atoms with Crippen LogP contribution in [0.5, 0.6) is 0 Å². The predicted molar refractivity (Wildman–Crippen MR) is 173 cm³/mol. The molecule has 4 rings (SSSR count). The van der Waals surface area contributed by atoms with Crippen molar-refractivity contribution in [1.29, 1.82) is 0 Å². The molecule has 2 aromatic carbocycles. The van der Waals surface area contributed by atoms with Crippen LogP contribution in [0.3, 0.4) is 0 Å². The standard InChI is InChI=1S/C31H36N4O9S2/c1-4-5-15-43-20(3)24(31(37)38)17-34-46(41,42)23-12-9-21(10-13-23)25-14-11-22(16-32-25)35-30(36)29-19(2)28-26(33-18-45(39)40)7-6-8-27(28)44-29/h6-14,16,20,24,33-34H,4-5,15,17-18H2,1-3H3,(H,35,36)(H,37,38)(H,39,40)/p-1. The summed E-state index contributed by atoms with van der Waals surface area (Å²) in [4.78, 5) is 29.1. The molecule has 0 aliphatic carbocycles. The summed E-state index contributed by atoms with van der Waals surface area (Å²) in [5.41, 5.74) is 3.00. The van der Waals surface area contributed by atoms with E-state index in [1.807, 2.05) is 6.92 Å². The van der Waals surface area contributed by atoms with Gasteiger partial charge in [0.2, 0.25) is 10.0 Å². The zero-order valence-corrected chi connectivity index (χ0v) is 27.1. The third-order valence-corrected chi connectivity index (χ3v) is 9.10. The lowest BCUT2D eigenvalue weighted by Crippen LogP contribution is -2.39. The van der Waals surface area contributed by atoms with E-state index in [-0.39, 0.29) is 23.1 Å². The maximum absolute atomic E-state index is 13.0. The van der Waals surface area contributed by atoms with Crippen LogP contribution in [0.15, 0.2) is 70.1 Å². The summed E-state index contributed by atoms with van der Waals surface area (Å²) in [6.07, 6.45) is 2.45. The molecule has 46 heavy (non-hydrogen) atoms. The summed E-state index contributed by atoms with van der Waals surface area (Å²) in [5, 5.41) is 15.7. The van der Waals surface area contributed by atoms with Gasteiger partial charge in [-0.25, -0.2) is 13.1 Å². The highest BCUT2D eigenvalue weighted by Gasteiger charge is 2.28. The molecule has 0 aliphatic heterocycles. The number of pyridine rings is 1. The zero-order chi connectivity index (χ0) is 33.4. The molecular weight excluding hydrogens is 636 g/mol. The number of aryl methyl sites for hydroxylation is 1. The third-order valence-electron chi connectivity index (χ3n) is 7.28. The first-order valence-corrected chi connectivity index (χ1v) is 17.2. The van der Waals surface area contributed by atoms with E-state index in [2.05, 4.69) is 20.3 Å². The number of benzene rings is 2. The number of anilines is 2. The topological polar surface area (TPSA) is 200 Å². The molecule has 0 bridgehead atoms. The number of carbonyl (C=O) groups excluding carboxylic acids is 1. The van der Waals surface area contributed by atoms with Crippen LogP contribution >= 0.6 is 0 Å². The molecule has 2 heterocycles. The third kappa shape index (κ3) is 8.55. The van der Waals surface area contributed by atoms with Crippen molar-refractivity contribution >= 4 is 55.3 Å². The molecule has 15 heteroatoms. The number of hydrogen-bond acceptors (Lipinski definition) is 10. The van der Waals surface area contributed by atoms with Gasteiger partial charge in [-0.1, -0.05) is 31.5 Å². The van der Waals surface area contributed by atoms with Crippen molar-refractivity contribution in [1.82, 2.24) is 9.71 Å². The number of fused-ring (bicyclic) bond motifs is 1. The summed E-state index contributed by atoms with van der Waals surface area (Å²) in [6.45, 7) is 5.38. The number of aliphatic carboxylic acids is 1. The number of nitrogens with zero attached hydrogens (tertiary/aromatic N) is 1. The Morgan fingerprint density at radius 1 is 1.13 bits per heavy atom. The molecule has 0 aliphatic rings. The number of amides is 1. The lowest BCUT2D eigenvalue weighted by Gasteiger charge is -2.21. The van der Waals surface area contributed by atoms with Gasteiger partial charge in [-0.3, -0.25) is 18.8 Å². The van der Waals surface area contributed by atoms with Crippen LogP contribution in [0, 0.1) is 12.8 Å². The van der Waals surface area contributed by atoms with E-state index in [1.165, 1.54) is 18.3 Å².